The minimum atomic E-state index is -0.0400. The molecule has 2 N–H and O–H groups in total. The number of benzene rings is 1. The van der Waals surface area contributed by atoms with Crippen molar-refractivity contribution in [1.29, 1.82) is 0 Å². The van der Waals surface area contributed by atoms with Gasteiger partial charge < -0.3 is 10.2 Å². The quantitative estimate of drug-likeness (QED) is 0.844. The van der Waals surface area contributed by atoms with E-state index in [4.69, 9.17) is 0 Å². The smallest absolute Gasteiger partial charge is 0.271 e. The van der Waals surface area contributed by atoms with Gasteiger partial charge in [-0.2, -0.15) is 5.10 Å². The molecule has 0 spiro atoms. The third-order valence-corrected chi connectivity index (χ3v) is 4.85. The highest BCUT2D eigenvalue weighted by molar-refractivity contribution is 5.93. The average molecular weight is 353 g/mol. The third-order valence-electron chi connectivity index (χ3n) is 4.85. The molecule has 1 aromatic heterocycles. The van der Waals surface area contributed by atoms with Gasteiger partial charge in [0.25, 0.3) is 5.91 Å². The van der Waals surface area contributed by atoms with Crippen molar-refractivity contribution in [2.24, 2.45) is 0 Å². The summed E-state index contributed by atoms with van der Waals surface area (Å²) >= 11 is 0. The lowest BCUT2D eigenvalue weighted by molar-refractivity contribution is -0.122. The summed E-state index contributed by atoms with van der Waals surface area (Å²) in [5, 5.41) is 10.1. The molecule has 26 heavy (non-hydrogen) atoms. The van der Waals surface area contributed by atoms with Gasteiger partial charge >= 0.3 is 0 Å². The molecule has 4 rings (SSSR count). The number of hydrogen-bond donors (Lipinski definition) is 2. The topological polar surface area (TPSA) is 81.3 Å². The van der Waals surface area contributed by atoms with Gasteiger partial charge in [0.1, 0.15) is 5.69 Å². The number of H-pyrrole nitrogens is 1. The van der Waals surface area contributed by atoms with E-state index >= 15 is 0 Å². The Kier molecular flexibility index (Phi) is 4.71. The van der Waals surface area contributed by atoms with Crippen LogP contribution in [0.2, 0.25) is 0 Å². The Balaban J connectivity index is 1.31. The normalized spacial score (nSPS) is 17.9. The zero-order valence-electron chi connectivity index (χ0n) is 14.6. The second kappa shape index (κ2) is 7.29. The van der Waals surface area contributed by atoms with E-state index in [0.717, 1.165) is 24.1 Å². The van der Waals surface area contributed by atoms with Crippen molar-refractivity contribution in [2.45, 2.75) is 18.9 Å². The first-order chi connectivity index (χ1) is 12.7. The summed E-state index contributed by atoms with van der Waals surface area (Å²) in [5.74, 6) is 0.0510. The largest absolute Gasteiger partial charge is 0.352 e. The number of aromatic amines is 1. The van der Waals surface area contributed by atoms with Crippen LogP contribution >= 0.6 is 0 Å². The van der Waals surface area contributed by atoms with Crippen LogP contribution in [-0.4, -0.2) is 70.6 Å². The molecule has 2 heterocycles. The highest BCUT2D eigenvalue weighted by Crippen LogP contribution is 2.19. The summed E-state index contributed by atoms with van der Waals surface area (Å²) in [6, 6.07) is 12.0. The first-order valence-corrected chi connectivity index (χ1v) is 9.11. The molecule has 0 unspecified atom stereocenters. The summed E-state index contributed by atoms with van der Waals surface area (Å²) < 4.78 is 0. The van der Waals surface area contributed by atoms with E-state index in [-0.39, 0.29) is 11.8 Å². The van der Waals surface area contributed by atoms with E-state index in [1.165, 1.54) is 0 Å². The molecule has 1 aromatic carbocycles. The molecule has 2 aromatic rings. The number of nitrogens with zero attached hydrogens (tertiary/aromatic N) is 3. The van der Waals surface area contributed by atoms with Crippen molar-refractivity contribution >= 4 is 11.8 Å². The highest BCUT2D eigenvalue weighted by atomic mass is 16.2. The van der Waals surface area contributed by atoms with Gasteiger partial charge in [0, 0.05) is 37.8 Å². The van der Waals surface area contributed by atoms with Gasteiger partial charge in [-0.05, 0) is 18.9 Å². The Hall–Kier alpha value is -2.67. The maximum atomic E-state index is 12.7. The van der Waals surface area contributed by atoms with Crippen molar-refractivity contribution < 1.29 is 9.59 Å². The van der Waals surface area contributed by atoms with E-state index in [0.29, 0.717) is 44.5 Å². The number of amides is 2. The van der Waals surface area contributed by atoms with Gasteiger partial charge in [-0.1, -0.05) is 30.3 Å². The van der Waals surface area contributed by atoms with E-state index in [2.05, 4.69) is 20.4 Å². The van der Waals surface area contributed by atoms with E-state index in [1.54, 1.807) is 6.07 Å². The SMILES string of the molecule is O=C(CN1CCN(C(=O)c2cc(-c3ccccc3)n[nH]2)CC1)NC1CC1. The van der Waals surface area contributed by atoms with Gasteiger partial charge in [0.05, 0.1) is 12.2 Å². The molecule has 2 amide bonds. The second-order valence-electron chi connectivity index (χ2n) is 6.94. The Morgan fingerprint density at radius 2 is 1.85 bits per heavy atom. The minimum Gasteiger partial charge on any atom is -0.352 e. The van der Waals surface area contributed by atoms with Crippen LogP contribution in [-0.2, 0) is 4.79 Å². The maximum absolute atomic E-state index is 12.7. The molecule has 0 atom stereocenters. The summed E-state index contributed by atoms with van der Waals surface area (Å²) in [6.45, 7) is 3.08. The second-order valence-corrected chi connectivity index (χ2v) is 6.94. The van der Waals surface area contributed by atoms with Crippen LogP contribution in [0.15, 0.2) is 36.4 Å². The zero-order chi connectivity index (χ0) is 17.9. The van der Waals surface area contributed by atoms with Crippen LogP contribution in [0.25, 0.3) is 11.3 Å². The number of nitrogens with one attached hydrogen (secondary N) is 2. The van der Waals surface area contributed by atoms with Gasteiger partial charge in [0.15, 0.2) is 0 Å². The van der Waals surface area contributed by atoms with E-state index < -0.39 is 0 Å². The molecule has 2 aliphatic rings. The van der Waals surface area contributed by atoms with Crippen LogP contribution in [0.3, 0.4) is 0 Å². The van der Waals surface area contributed by atoms with E-state index in [1.807, 2.05) is 35.2 Å². The fourth-order valence-corrected chi connectivity index (χ4v) is 3.17. The van der Waals surface area contributed by atoms with Crippen LogP contribution in [0, 0.1) is 0 Å². The number of hydrogen-bond acceptors (Lipinski definition) is 4. The monoisotopic (exact) mass is 353 g/mol. The fraction of sp³-hybridized carbons (Fsp3) is 0.421. The van der Waals surface area contributed by atoms with Crippen LogP contribution < -0.4 is 5.32 Å². The van der Waals surface area contributed by atoms with Gasteiger partial charge in [-0.15, -0.1) is 0 Å². The summed E-state index contributed by atoms with van der Waals surface area (Å²) in [7, 11) is 0. The highest BCUT2D eigenvalue weighted by Gasteiger charge is 2.27. The lowest BCUT2D eigenvalue weighted by Crippen LogP contribution is -2.51. The molecule has 7 heteroatoms. The van der Waals surface area contributed by atoms with Crippen molar-refractivity contribution in [3.63, 3.8) is 0 Å². The minimum absolute atomic E-state index is 0.0400. The molecule has 0 radical (unpaired) electrons. The van der Waals surface area contributed by atoms with Crippen molar-refractivity contribution in [1.82, 2.24) is 25.3 Å². The molecule has 1 aliphatic carbocycles. The number of carbonyl (C=O) groups is 2. The average Bonchev–Trinajstić information content (AvgIpc) is 3.34. The lowest BCUT2D eigenvalue weighted by Gasteiger charge is -2.34. The molecule has 7 nitrogen and oxygen atoms in total. The number of aromatic nitrogens is 2. The van der Waals surface area contributed by atoms with Crippen LogP contribution in [0.4, 0.5) is 0 Å². The lowest BCUT2D eigenvalue weighted by atomic mass is 10.1. The summed E-state index contributed by atoms with van der Waals surface area (Å²) in [5.41, 5.74) is 2.25. The van der Waals surface area contributed by atoms with Crippen molar-refractivity contribution in [3.8, 4) is 11.3 Å². The molecule has 2 fully saturated rings. The molecule has 1 saturated heterocycles. The molecular weight excluding hydrogens is 330 g/mol. The Labute approximate surface area is 152 Å². The number of rotatable bonds is 5. The van der Waals surface area contributed by atoms with Gasteiger partial charge in [-0.3, -0.25) is 19.6 Å². The molecule has 1 aliphatic heterocycles. The van der Waals surface area contributed by atoms with Gasteiger partial charge in [-0.25, -0.2) is 0 Å². The Morgan fingerprint density at radius 3 is 2.54 bits per heavy atom. The predicted octanol–water partition coefficient (Wildman–Crippen LogP) is 1.11. The Bertz CT molecular complexity index is 776. The van der Waals surface area contributed by atoms with Crippen LogP contribution in [0.1, 0.15) is 23.3 Å². The number of piperazine rings is 1. The molecular formula is C19H23N5O2. The third kappa shape index (κ3) is 3.94. The summed E-state index contributed by atoms with van der Waals surface area (Å²) in [6.07, 6.45) is 2.20. The first-order valence-electron chi connectivity index (χ1n) is 9.11. The standard InChI is InChI=1S/C19H23N5O2/c25-18(20-15-6-7-15)13-23-8-10-24(11-9-23)19(26)17-12-16(21-22-17)14-4-2-1-3-5-14/h1-5,12,15H,6-11,13H2,(H,20,25)(H,21,22). The van der Waals surface area contributed by atoms with E-state index in [9.17, 15) is 9.59 Å². The summed E-state index contributed by atoms with van der Waals surface area (Å²) in [4.78, 5) is 28.5. The van der Waals surface area contributed by atoms with Crippen molar-refractivity contribution in [2.75, 3.05) is 32.7 Å². The predicted molar refractivity (Wildman–Crippen MR) is 97.5 cm³/mol. The van der Waals surface area contributed by atoms with Crippen LogP contribution in [0.5, 0.6) is 0 Å². The molecule has 1 saturated carbocycles. The van der Waals surface area contributed by atoms with Crippen molar-refractivity contribution in [3.05, 3.63) is 42.1 Å². The zero-order valence-corrected chi connectivity index (χ0v) is 14.6. The molecule has 0 bridgehead atoms. The maximum Gasteiger partial charge on any atom is 0.271 e. The first kappa shape index (κ1) is 16.8. The van der Waals surface area contributed by atoms with Gasteiger partial charge in [0.2, 0.25) is 5.91 Å². The number of carbonyl (C=O) groups excluding carboxylic acids is 2. The fourth-order valence-electron chi connectivity index (χ4n) is 3.17. The Morgan fingerprint density at radius 1 is 1.12 bits per heavy atom. The molecule has 136 valence electrons.